The molecule has 2 heterocycles. The molecule has 1 saturated heterocycles. The number of carbonyl (C=O) groups excluding carboxylic acids is 2. The maximum atomic E-state index is 13.0. The predicted molar refractivity (Wildman–Crippen MR) is 115 cm³/mol. The smallest absolute Gasteiger partial charge is 0.301 e. The summed E-state index contributed by atoms with van der Waals surface area (Å²) in [5, 5.41) is 13.7. The van der Waals surface area contributed by atoms with Crippen LogP contribution in [-0.4, -0.2) is 21.8 Å². The predicted octanol–water partition coefficient (Wildman–Crippen LogP) is 5.38. The molecule has 146 valence electrons. The first-order valence-electron chi connectivity index (χ1n) is 8.61. The van der Waals surface area contributed by atoms with Crippen LogP contribution in [0.2, 0.25) is 10.0 Å². The first-order valence-corrected chi connectivity index (χ1v) is 10.2. The van der Waals surface area contributed by atoms with Crippen molar-refractivity contribution in [2.24, 2.45) is 0 Å². The minimum atomic E-state index is -0.924. The molecule has 1 N–H and O–H groups in total. The molecule has 1 fully saturated rings. The number of anilines is 1. The highest BCUT2D eigenvalue weighted by molar-refractivity contribution is 7.14. The van der Waals surface area contributed by atoms with E-state index in [1.807, 2.05) is 19.1 Å². The third-order valence-corrected chi connectivity index (χ3v) is 5.99. The van der Waals surface area contributed by atoms with Crippen LogP contribution in [0.4, 0.5) is 5.13 Å². The third-order valence-electron chi connectivity index (χ3n) is 4.65. The molecule has 8 heteroatoms. The van der Waals surface area contributed by atoms with Crippen molar-refractivity contribution in [2.45, 2.75) is 13.0 Å². The molecular weight excluding hydrogens is 431 g/mol. The number of halogens is 2. The molecule has 0 saturated carbocycles. The van der Waals surface area contributed by atoms with Crippen LogP contribution in [0.15, 0.2) is 59.6 Å². The van der Waals surface area contributed by atoms with Crippen LogP contribution in [0.1, 0.15) is 22.7 Å². The van der Waals surface area contributed by atoms with Crippen molar-refractivity contribution >= 4 is 57.1 Å². The van der Waals surface area contributed by atoms with Gasteiger partial charge in [0, 0.05) is 27.2 Å². The Morgan fingerprint density at radius 1 is 1.14 bits per heavy atom. The van der Waals surface area contributed by atoms with Gasteiger partial charge in [0.2, 0.25) is 0 Å². The number of benzene rings is 2. The monoisotopic (exact) mass is 444 g/mol. The van der Waals surface area contributed by atoms with Gasteiger partial charge in [-0.05, 0) is 24.6 Å². The number of carbonyl (C=O) groups is 2. The van der Waals surface area contributed by atoms with Gasteiger partial charge in [-0.1, -0.05) is 59.1 Å². The summed E-state index contributed by atoms with van der Waals surface area (Å²) >= 11 is 13.6. The standard InChI is InChI=1S/C21H14Cl2N2O3S/c1-11-2-4-12(5-3-11)18(26)16-17(14-7-6-13(22)10-15(14)23)25(20(28)19(16)27)21-24-8-9-29-21/h2-10,17,26H,1H3/t17-/m0/s1. The largest absolute Gasteiger partial charge is 0.507 e. The van der Waals surface area contributed by atoms with Crippen molar-refractivity contribution in [2.75, 3.05) is 4.90 Å². The number of amides is 1. The lowest BCUT2D eigenvalue weighted by molar-refractivity contribution is -0.132. The number of hydrogen-bond donors (Lipinski definition) is 1. The van der Waals surface area contributed by atoms with Crippen LogP contribution < -0.4 is 4.90 Å². The lowest BCUT2D eigenvalue weighted by Gasteiger charge is -2.23. The van der Waals surface area contributed by atoms with E-state index in [0.29, 0.717) is 21.3 Å². The van der Waals surface area contributed by atoms with Gasteiger partial charge in [-0.2, -0.15) is 0 Å². The molecule has 0 aliphatic carbocycles. The first kappa shape index (κ1) is 19.6. The number of hydrogen-bond acceptors (Lipinski definition) is 5. The lowest BCUT2D eigenvalue weighted by Crippen LogP contribution is -2.29. The van der Waals surface area contributed by atoms with Gasteiger partial charge < -0.3 is 5.11 Å². The lowest BCUT2D eigenvalue weighted by atomic mass is 9.95. The first-order chi connectivity index (χ1) is 13.9. The molecule has 29 heavy (non-hydrogen) atoms. The molecule has 1 amide bonds. The number of aliphatic hydroxyl groups is 1. The van der Waals surface area contributed by atoms with Gasteiger partial charge in [0.25, 0.3) is 5.78 Å². The Morgan fingerprint density at radius 2 is 1.86 bits per heavy atom. The second-order valence-corrected chi connectivity index (χ2v) is 8.23. The number of nitrogens with zero attached hydrogens (tertiary/aromatic N) is 2. The zero-order valence-electron chi connectivity index (χ0n) is 15.1. The van der Waals surface area contributed by atoms with E-state index in [1.54, 1.807) is 35.8 Å². The SMILES string of the molecule is Cc1ccc(C(O)=C2C(=O)C(=O)N(c3nccs3)[C@H]2c2ccc(Cl)cc2Cl)cc1. The number of aryl methyl sites for hydroxylation is 1. The summed E-state index contributed by atoms with van der Waals surface area (Å²) in [5.74, 6) is -1.84. The summed E-state index contributed by atoms with van der Waals surface area (Å²) in [7, 11) is 0. The van der Waals surface area contributed by atoms with Gasteiger partial charge in [-0.25, -0.2) is 4.98 Å². The van der Waals surface area contributed by atoms with Crippen molar-refractivity contribution in [1.29, 1.82) is 0 Å². The van der Waals surface area contributed by atoms with Crippen molar-refractivity contribution in [3.63, 3.8) is 0 Å². The van der Waals surface area contributed by atoms with E-state index < -0.39 is 17.7 Å². The molecule has 0 bridgehead atoms. The number of aromatic nitrogens is 1. The highest BCUT2D eigenvalue weighted by atomic mass is 35.5. The maximum Gasteiger partial charge on any atom is 0.301 e. The number of rotatable bonds is 3. The fourth-order valence-corrected chi connectivity index (χ4v) is 4.43. The topological polar surface area (TPSA) is 70.5 Å². The Balaban J connectivity index is 1.97. The highest BCUT2D eigenvalue weighted by Crippen LogP contribution is 2.45. The molecule has 0 radical (unpaired) electrons. The minimum Gasteiger partial charge on any atom is -0.507 e. The minimum absolute atomic E-state index is 0.0433. The normalized spacial score (nSPS) is 18.4. The molecule has 4 rings (SSSR count). The number of aliphatic hydroxyl groups excluding tert-OH is 1. The van der Waals surface area contributed by atoms with E-state index in [0.717, 1.165) is 5.56 Å². The average Bonchev–Trinajstić information content (AvgIpc) is 3.29. The molecule has 5 nitrogen and oxygen atoms in total. The van der Waals surface area contributed by atoms with E-state index in [-0.39, 0.29) is 16.4 Å². The van der Waals surface area contributed by atoms with E-state index in [2.05, 4.69) is 4.98 Å². The average molecular weight is 445 g/mol. The second-order valence-electron chi connectivity index (χ2n) is 6.52. The Hall–Kier alpha value is -2.67. The Morgan fingerprint density at radius 3 is 2.48 bits per heavy atom. The molecule has 0 unspecified atom stereocenters. The van der Waals surface area contributed by atoms with Crippen LogP contribution in [0, 0.1) is 6.92 Å². The summed E-state index contributed by atoms with van der Waals surface area (Å²) in [6.45, 7) is 1.92. The Bertz CT molecular complexity index is 1140. The van der Waals surface area contributed by atoms with Crippen LogP contribution in [0.3, 0.4) is 0 Å². The van der Waals surface area contributed by atoms with E-state index in [4.69, 9.17) is 23.2 Å². The Kier molecular flexibility index (Phi) is 5.17. The van der Waals surface area contributed by atoms with Crippen molar-refractivity contribution in [1.82, 2.24) is 4.98 Å². The molecule has 0 spiro atoms. The van der Waals surface area contributed by atoms with Crippen molar-refractivity contribution < 1.29 is 14.7 Å². The maximum absolute atomic E-state index is 13.0. The fourth-order valence-electron chi connectivity index (χ4n) is 3.25. The van der Waals surface area contributed by atoms with E-state index in [1.165, 1.54) is 22.3 Å². The molecule has 1 aromatic heterocycles. The zero-order valence-corrected chi connectivity index (χ0v) is 17.4. The molecule has 1 aliphatic heterocycles. The van der Waals surface area contributed by atoms with Gasteiger partial charge in [0.15, 0.2) is 5.13 Å². The summed E-state index contributed by atoms with van der Waals surface area (Å²) in [4.78, 5) is 31.3. The van der Waals surface area contributed by atoms with Crippen LogP contribution in [0.25, 0.3) is 5.76 Å². The van der Waals surface area contributed by atoms with Crippen LogP contribution in [-0.2, 0) is 9.59 Å². The molecule has 2 aromatic carbocycles. The molecule has 3 aromatic rings. The van der Waals surface area contributed by atoms with Crippen LogP contribution in [0.5, 0.6) is 0 Å². The highest BCUT2D eigenvalue weighted by Gasteiger charge is 2.48. The number of ketones is 1. The molecule has 1 atom stereocenters. The molecule has 1 aliphatic rings. The van der Waals surface area contributed by atoms with Crippen molar-refractivity contribution in [3.8, 4) is 0 Å². The fraction of sp³-hybridized carbons (Fsp3) is 0.0952. The number of thiazole rings is 1. The van der Waals surface area contributed by atoms with Crippen molar-refractivity contribution in [3.05, 3.63) is 86.4 Å². The van der Waals surface area contributed by atoms with Gasteiger partial charge in [-0.15, -0.1) is 11.3 Å². The number of Topliss-reactive ketones (excluding diaryl/α,β-unsaturated/α-hetero) is 1. The second kappa shape index (κ2) is 7.63. The van der Waals surface area contributed by atoms with Gasteiger partial charge in [0.05, 0.1) is 11.6 Å². The quantitative estimate of drug-likeness (QED) is 0.334. The zero-order chi connectivity index (χ0) is 20.7. The summed E-state index contributed by atoms with van der Waals surface area (Å²) < 4.78 is 0. The molecular formula is C21H14Cl2N2O3S. The van der Waals surface area contributed by atoms with Crippen LogP contribution >= 0.6 is 34.5 Å². The van der Waals surface area contributed by atoms with Gasteiger partial charge in [0.1, 0.15) is 5.76 Å². The van der Waals surface area contributed by atoms with E-state index >= 15 is 0 Å². The third kappa shape index (κ3) is 3.44. The summed E-state index contributed by atoms with van der Waals surface area (Å²) in [5.41, 5.74) is 1.86. The summed E-state index contributed by atoms with van der Waals surface area (Å²) in [6, 6.07) is 10.9. The van der Waals surface area contributed by atoms with E-state index in [9.17, 15) is 14.7 Å². The van der Waals surface area contributed by atoms with Gasteiger partial charge in [-0.3, -0.25) is 14.5 Å². The summed E-state index contributed by atoms with van der Waals surface area (Å²) in [6.07, 6.45) is 1.54. The Labute approximate surface area is 180 Å². The van der Waals surface area contributed by atoms with Gasteiger partial charge >= 0.3 is 5.91 Å².